The van der Waals surface area contributed by atoms with Crippen LogP contribution in [0.2, 0.25) is 51.4 Å². The first kappa shape index (κ1) is 34.5. The number of rotatable bonds is 14. The number of nitrogens with zero attached hydrogens (tertiary/aromatic N) is 5. The van der Waals surface area contributed by atoms with Crippen molar-refractivity contribution >= 4 is 43.5 Å². The first-order valence-corrected chi connectivity index (χ1v) is 25.7. The van der Waals surface area contributed by atoms with E-state index < -0.39 is 16.1 Å². The predicted molar refractivity (Wildman–Crippen MR) is 203 cm³/mol. The number of ether oxygens (including phenoxy) is 2. The molecule has 252 valence electrons. The number of fused-ring (bicyclic) bond motifs is 3. The van der Waals surface area contributed by atoms with Gasteiger partial charge < -0.3 is 14.4 Å². The second-order valence-electron chi connectivity index (χ2n) is 16.2. The molecule has 2 bridgehead atoms. The summed E-state index contributed by atoms with van der Waals surface area (Å²) in [5.74, 6) is 2.99. The molecule has 1 aromatic carbocycles. The van der Waals surface area contributed by atoms with Crippen LogP contribution in [-0.4, -0.2) is 62.4 Å². The van der Waals surface area contributed by atoms with Crippen molar-refractivity contribution in [3.05, 3.63) is 65.0 Å². The number of anilines is 1. The summed E-state index contributed by atoms with van der Waals surface area (Å²) in [6.45, 7) is 16.7. The molecule has 2 aliphatic carbocycles. The standard InChI is InChI=1S/C37H52BrN5O2Si2/c1-46(2,3)18-16-44-25-42(26-45-17-19-47(4,5)6)37-34(38)35(31-21-27-12-13-28(20-27)22-31)41-36-32(24-40-43(36)37)30-14-15-33(39-23-30)29-10-8-7-9-11-29/h7-11,14-15,23-24,27-28,31H,12-13,16-22,25-26H2,1-6H3/t27-,28+,31+. The van der Waals surface area contributed by atoms with Crippen LogP contribution in [0, 0.1) is 11.8 Å². The van der Waals surface area contributed by atoms with Crippen LogP contribution in [0.1, 0.15) is 43.7 Å². The molecule has 0 saturated heterocycles. The van der Waals surface area contributed by atoms with Crippen LogP contribution < -0.4 is 4.90 Å². The molecule has 0 spiro atoms. The van der Waals surface area contributed by atoms with Gasteiger partial charge in [0.15, 0.2) is 11.5 Å². The summed E-state index contributed by atoms with van der Waals surface area (Å²) in [5.41, 5.74) is 6.08. The van der Waals surface area contributed by atoms with Gasteiger partial charge in [-0.2, -0.15) is 9.61 Å². The maximum atomic E-state index is 6.40. The van der Waals surface area contributed by atoms with Crippen molar-refractivity contribution in [1.82, 2.24) is 19.6 Å². The topological polar surface area (TPSA) is 64.8 Å². The molecule has 4 aromatic rings. The van der Waals surface area contributed by atoms with Crippen molar-refractivity contribution in [2.24, 2.45) is 11.8 Å². The third-order valence-electron chi connectivity index (χ3n) is 9.79. The lowest BCUT2D eigenvalue weighted by atomic mass is 9.79. The molecule has 2 fully saturated rings. The van der Waals surface area contributed by atoms with Gasteiger partial charge in [-0.05, 0) is 65.2 Å². The van der Waals surface area contributed by atoms with Crippen molar-refractivity contribution in [2.45, 2.75) is 89.4 Å². The van der Waals surface area contributed by atoms with Gasteiger partial charge in [0.25, 0.3) is 0 Å². The van der Waals surface area contributed by atoms with Crippen molar-refractivity contribution < 1.29 is 9.47 Å². The van der Waals surface area contributed by atoms with E-state index in [0.29, 0.717) is 19.4 Å². The number of hydrogen-bond donors (Lipinski definition) is 0. The van der Waals surface area contributed by atoms with Crippen LogP contribution >= 0.6 is 15.9 Å². The smallest absolute Gasteiger partial charge is 0.165 e. The number of halogens is 1. The molecular formula is C37H52BrN5O2Si2. The van der Waals surface area contributed by atoms with E-state index in [2.05, 4.69) is 84.4 Å². The van der Waals surface area contributed by atoms with E-state index in [4.69, 9.17) is 24.5 Å². The fraction of sp³-hybridized carbons (Fsp3) is 0.541. The molecule has 2 saturated carbocycles. The molecule has 0 aliphatic heterocycles. The average Bonchev–Trinajstić information content (AvgIpc) is 3.61. The van der Waals surface area contributed by atoms with Gasteiger partial charge in [0, 0.05) is 58.2 Å². The maximum absolute atomic E-state index is 6.40. The molecule has 47 heavy (non-hydrogen) atoms. The Morgan fingerprint density at radius 2 is 1.45 bits per heavy atom. The molecule has 7 nitrogen and oxygen atoms in total. The summed E-state index contributed by atoms with van der Waals surface area (Å²) >= 11 is 4.11. The molecule has 10 heteroatoms. The average molecular weight is 735 g/mol. The zero-order chi connectivity index (χ0) is 33.2. The van der Waals surface area contributed by atoms with E-state index in [-0.39, 0.29) is 0 Å². The predicted octanol–water partition coefficient (Wildman–Crippen LogP) is 9.95. The minimum absolute atomic E-state index is 0.420. The largest absolute Gasteiger partial charge is 0.361 e. The van der Waals surface area contributed by atoms with Gasteiger partial charge >= 0.3 is 0 Å². The molecule has 2 aliphatic rings. The Bertz CT molecular complexity index is 1600. The summed E-state index contributed by atoms with van der Waals surface area (Å²) in [5, 5.41) is 4.98. The van der Waals surface area contributed by atoms with Crippen LogP contribution in [0.25, 0.3) is 28.0 Å². The van der Waals surface area contributed by atoms with Crippen molar-refractivity contribution in [1.29, 1.82) is 0 Å². The SMILES string of the molecule is C[Si](C)(C)CCOCN(COCC[Si](C)(C)C)c1c(Br)c([C@H]2C[C@@H]3CC[C@@H](C3)C2)nc2c(-c3ccc(-c4ccccc4)nc3)cnn12. The summed E-state index contributed by atoms with van der Waals surface area (Å²) < 4.78 is 15.8. The van der Waals surface area contributed by atoms with Gasteiger partial charge in [-0.25, -0.2) is 4.98 Å². The van der Waals surface area contributed by atoms with Crippen LogP contribution in [0.5, 0.6) is 0 Å². The number of pyridine rings is 1. The molecule has 0 N–H and O–H groups in total. The van der Waals surface area contributed by atoms with Crippen molar-refractivity contribution in [3.8, 4) is 22.4 Å². The Morgan fingerprint density at radius 3 is 2.02 bits per heavy atom. The van der Waals surface area contributed by atoms with E-state index in [1.165, 1.54) is 32.1 Å². The van der Waals surface area contributed by atoms with Gasteiger partial charge in [0.05, 0.1) is 22.1 Å². The first-order valence-electron chi connectivity index (χ1n) is 17.4. The van der Waals surface area contributed by atoms with E-state index in [1.807, 2.05) is 35.1 Å². The van der Waals surface area contributed by atoms with Crippen LogP contribution in [-0.2, 0) is 9.47 Å². The number of hydrogen-bond acceptors (Lipinski definition) is 6. The molecule has 3 heterocycles. The normalized spacial score (nSPS) is 19.9. The molecule has 3 atom stereocenters. The quantitative estimate of drug-likeness (QED) is 0.0730. The monoisotopic (exact) mass is 733 g/mol. The second-order valence-corrected chi connectivity index (χ2v) is 28.2. The Kier molecular flexibility index (Phi) is 10.7. The Labute approximate surface area is 291 Å². The maximum Gasteiger partial charge on any atom is 0.165 e. The second kappa shape index (κ2) is 14.6. The third kappa shape index (κ3) is 8.62. The highest BCUT2D eigenvalue weighted by Gasteiger charge is 2.37. The lowest BCUT2D eigenvalue weighted by Gasteiger charge is -2.31. The molecule has 0 unspecified atom stereocenters. The lowest BCUT2D eigenvalue weighted by Crippen LogP contribution is -2.34. The third-order valence-corrected chi connectivity index (χ3v) is 14.0. The number of benzene rings is 1. The lowest BCUT2D eigenvalue weighted by molar-refractivity contribution is 0.0941. The fourth-order valence-corrected chi connectivity index (χ4v) is 9.40. The molecule has 6 rings (SSSR count). The highest BCUT2D eigenvalue weighted by molar-refractivity contribution is 9.10. The molecule has 0 radical (unpaired) electrons. The summed E-state index contributed by atoms with van der Waals surface area (Å²) in [7, 11) is -2.45. The summed E-state index contributed by atoms with van der Waals surface area (Å²) in [6, 6.07) is 16.8. The van der Waals surface area contributed by atoms with Gasteiger partial charge in [0.2, 0.25) is 0 Å². The van der Waals surface area contributed by atoms with Crippen molar-refractivity contribution in [3.63, 3.8) is 0 Å². The van der Waals surface area contributed by atoms with Crippen molar-refractivity contribution in [2.75, 3.05) is 31.6 Å². The van der Waals surface area contributed by atoms with Crippen LogP contribution in [0.4, 0.5) is 5.82 Å². The zero-order valence-electron chi connectivity index (χ0n) is 29.1. The Balaban J connectivity index is 1.39. The van der Waals surface area contributed by atoms with E-state index in [1.54, 1.807) is 0 Å². The van der Waals surface area contributed by atoms with E-state index >= 15 is 0 Å². The Hall–Kier alpha value is -2.38. The van der Waals surface area contributed by atoms with Gasteiger partial charge in [-0.1, -0.05) is 88.5 Å². The molecule has 0 amide bonds. The number of aromatic nitrogens is 4. The van der Waals surface area contributed by atoms with Gasteiger partial charge in [-0.3, -0.25) is 4.98 Å². The summed E-state index contributed by atoms with van der Waals surface area (Å²) in [6.07, 6.45) is 10.4. The molecular weight excluding hydrogens is 683 g/mol. The van der Waals surface area contributed by atoms with E-state index in [0.717, 1.165) is 81.2 Å². The summed E-state index contributed by atoms with van der Waals surface area (Å²) in [4.78, 5) is 12.5. The van der Waals surface area contributed by atoms with Gasteiger partial charge in [-0.15, -0.1) is 0 Å². The van der Waals surface area contributed by atoms with Gasteiger partial charge in [0.1, 0.15) is 13.5 Å². The Morgan fingerprint density at radius 1 is 0.809 bits per heavy atom. The van der Waals surface area contributed by atoms with Crippen LogP contribution in [0.3, 0.4) is 0 Å². The minimum Gasteiger partial charge on any atom is -0.361 e. The zero-order valence-corrected chi connectivity index (χ0v) is 32.7. The minimum atomic E-state index is -1.23. The first-order chi connectivity index (χ1) is 22.4. The fourth-order valence-electron chi connectivity index (χ4n) is 7.05. The van der Waals surface area contributed by atoms with Crippen LogP contribution in [0.15, 0.2) is 59.3 Å². The highest BCUT2D eigenvalue weighted by Crippen LogP contribution is 2.50. The van der Waals surface area contributed by atoms with E-state index in [9.17, 15) is 0 Å². The molecule has 3 aromatic heterocycles. The highest BCUT2D eigenvalue weighted by atomic mass is 79.9.